The zero-order chi connectivity index (χ0) is 9.78. The minimum absolute atomic E-state index is 0.0754. The van der Waals surface area contributed by atoms with Crippen LogP contribution in [-0.4, -0.2) is 18.0 Å². The molecule has 0 aliphatic rings. The maximum absolute atomic E-state index is 11.1. The second-order valence-electron chi connectivity index (χ2n) is 3.93. The molecule has 3 heteroatoms. The summed E-state index contributed by atoms with van der Waals surface area (Å²) >= 11 is 0. The summed E-state index contributed by atoms with van der Waals surface area (Å²) < 4.78 is 0. The summed E-state index contributed by atoms with van der Waals surface area (Å²) in [5, 5.41) is 2.71. The lowest BCUT2D eigenvalue weighted by molar-refractivity contribution is -0.116. The fraction of sp³-hybridized carbons (Fsp3) is 0.667. The van der Waals surface area contributed by atoms with Crippen molar-refractivity contribution in [2.24, 2.45) is 5.73 Å². The lowest BCUT2D eigenvalue weighted by Gasteiger charge is -2.18. The molecule has 0 fully saturated rings. The van der Waals surface area contributed by atoms with Gasteiger partial charge in [-0.2, -0.15) is 0 Å². The zero-order valence-corrected chi connectivity index (χ0v) is 8.27. The molecule has 0 bridgehead atoms. The van der Waals surface area contributed by atoms with E-state index in [4.69, 9.17) is 5.73 Å². The fourth-order valence-electron chi connectivity index (χ4n) is 0.628. The van der Waals surface area contributed by atoms with Crippen LogP contribution >= 0.6 is 0 Å². The third-order valence-electron chi connectivity index (χ3n) is 1.14. The number of amides is 1. The SMILES string of the molecule is CC(C)=CC(=O)NCC(C)(C)N. The highest BCUT2D eigenvalue weighted by molar-refractivity contribution is 5.88. The molecule has 0 radical (unpaired) electrons. The maximum Gasteiger partial charge on any atom is 0.243 e. The molecule has 0 aliphatic heterocycles. The third-order valence-corrected chi connectivity index (χ3v) is 1.14. The molecule has 0 rings (SSSR count). The Morgan fingerprint density at radius 3 is 2.33 bits per heavy atom. The molecule has 0 unspecified atom stereocenters. The Bertz CT molecular complexity index is 185. The van der Waals surface area contributed by atoms with Crippen LogP contribution in [0.3, 0.4) is 0 Å². The second-order valence-corrected chi connectivity index (χ2v) is 3.93. The minimum atomic E-state index is -0.342. The summed E-state index contributed by atoms with van der Waals surface area (Å²) in [7, 11) is 0. The van der Waals surface area contributed by atoms with Gasteiger partial charge in [0.25, 0.3) is 0 Å². The number of carbonyl (C=O) groups excluding carboxylic acids is 1. The van der Waals surface area contributed by atoms with Gasteiger partial charge in [0, 0.05) is 18.2 Å². The molecule has 0 spiro atoms. The van der Waals surface area contributed by atoms with Crippen LogP contribution in [0.5, 0.6) is 0 Å². The van der Waals surface area contributed by atoms with E-state index in [0.29, 0.717) is 6.54 Å². The topological polar surface area (TPSA) is 55.1 Å². The molecule has 0 aromatic carbocycles. The number of allylic oxidation sites excluding steroid dienone is 1. The van der Waals surface area contributed by atoms with Gasteiger partial charge in [-0.3, -0.25) is 4.79 Å². The van der Waals surface area contributed by atoms with Crippen molar-refractivity contribution in [1.82, 2.24) is 5.32 Å². The van der Waals surface area contributed by atoms with E-state index in [1.54, 1.807) is 6.08 Å². The quantitative estimate of drug-likeness (QED) is 0.616. The fourth-order valence-corrected chi connectivity index (χ4v) is 0.628. The number of carbonyl (C=O) groups is 1. The Hall–Kier alpha value is -0.830. The van der Waals surface area contributed by atoms with Crippen molar-refractivity contribution in [2.45, 2.75) is 33.2 Å². The molecule has 3 N–H and O–H groups in total. The smallest absolute Gasteiger partial charge is 0.243 e. The molecule has 0 heterocycles. The zero-order valence-electron chi connectivity index (χ0n) is 8.27. The van der Waals surface area contributed by atoms with Gasteiger partial charge in [0.1, 0.15) is 0 Å². The predicted molar refractivity (Wildman–Crippen MR) is 50.7 cm³/mol. The van der Waals surface area contributed by atoms with Crippen molar-refractivity contribution in [2.75, 3.05) is 6.54 Å². The third kappa shape index (κ3) is 7.28. The molecule has 0 aliphatic carbocycles. The summed E-state index contributed by atoms with van der Waals surface area (Å²) in [5.41, 5.74) is 6.33. The van der Waals surface area contributed by atoms with Crippen LogP contribution in [0, 0.1) is 0 Å². The van der Waals surface area contributed by atoms with Crippen molar-refractivity contribution in [1.29, 1.82) is 0 Å². The van der Waals surface area contributed by atoms with Crippen LogP contribution in [0.15, 0.2) is 11.6 Å². The van der Waals surface area contributed by atoms with Gasteiger partial charge in [-0.15, -0.1) is 0 Å². The van der Waals surface area contributed by atoms with Crippen LogP contribution in [-0.2, 0) is 4.79 Å². The molecule has 0 saturated heterocycles. The Labute approximate surface area is 74.0 Å². The maximum atomic E-state index is 11.1. The first-order chi connectivity index (χ1) is 5.31. The monoisotopic (exact) mass is 170 g/mol. The summed E-state index contributed by atoms with van der Waals surface area (Å²) in [4.78, 5) is 11.1. The second kappa shape index (κ2) is 4.26. The van der Waals surface area contributed by atoms with E-state index >= 15 is 0 Å². The van der Waals surface area contributed by atoms with Crippen LogP contribution in [0.25, 0.3) is 0 Å². The highest BCUT2D eigenvalue weighted by atomic mass is 16.1. The molecule has 0 saturated carbocycles. The van der Waals surface area contributed by atoms with Crippen molar-refractivity contribution >= 4 is 5.91 Å². The number of rotatable bonds is 3. The van der Waals surface area contributed by atoms with E-state index in [0.717, 1.165) is 5.57 Å². The number of nitrogens with one attached hydrogen (secondary N) is 1. The summed E-state index contributed by atoms with van der Waals surface area (Å²) in [6.07, 6.45) is 1.56. The number of nitrogens with two attached hydrogens (primary N) is 1. The van der Waals surface area contributed by atoms with Gasteiger partial charge in [-0.25, -0.2) is 0 Å². The Morgan fingerprint density at radius 1 is 1.50 bits per heavy atom. The van der Waals surface area contributed by atoms with Gasteiger partial charge in [-0.1, -0.05) is 5.57 Å². The van der Waals surface area contributed by atoms with E-state index in [9.17, 15) is 4.79 Å². The van der Waals surface area contributed by atoms with E-state index in [1.165, 1.54) is 0 Å². The van der Waals surface area contributed by atoms with Crippen LogP contribution < -0.4 is 11.1 Å². The van der Waals surface area contributed by atoms with E-state index in [2.05, 4.69) is 5.32 Å². The van der Waals surface area contributed by atoms with Gasteiger partial charge in [0.05, 0.1) is 0 Å². The summed E-state index contributed by atoms with van der Waals surface area (Å²) in [6, 6.07) is 0. The molecule has 70 valence electrons. The molecular weight excluding hydrogens is 152 g/mol. The molecular formula is C9H18N2O. The summed E-state index contributed by atoms with van der Waals surface area (Å²) in [5.74, 6) is -0.0754. The normalized spacial score (nSPS) is 10.8. The van der Waals surface area contributed by atoms with Gasteiger partial charge in [0.2, 0.25) is 5.91 Å². The van der Waals surface area contributed by atoms with E-state index < -0.39 is 0 Å². The highest BCUT2D eigenvalue weighted by Crippen LogP contribution is 1.93. The largest absolute Gasteiger partial charge is 0.351 e. The number of hydrogen-bond acceptors (Lipinski definition) is 2. The predicted octanol–water partition coefficient (Wildman–Crippen LogP) is 0.806. The Balaban J connectivity index is 3.81. The lowest BCUT2D eigenvalue weighted by atomic mass is 10.1. The van der Waals surface area contributed by atoms with Gasteiger partial charge >= 0.3 is 0 Å². The first-order valence-electron chi connectivity index (χ1n) is 4.03. The van der Waals surface area contributed by atoms with Crippen molar-refractivity contribution in [3.63, 3.8) is 0 Å². The molecule has 3 nitrogen and oxygen atoms in total. The van der Waals surface area contributed by atoms with E-state index in [-0.39, 0.29) is 11.4 Å². The van der Waals surface area contributed by atoms with Gasteiger partial charge in [-0.05, 0) is 27.7 Å². The van der Waals surface area contributed by atoms with E-state index in [1.807, 2.05) is 27.7 Å². The van der Waals surface area contributed by atoms with Gasteiger partial charge < -0.3 is 11.1 Å². The minimum Gasteiger partial charge on any atom is -0.351 e. The molecule has 12 heavy (non-hydrogen) atoms. The standard InChI is InChI=1S/C9H18N2O/c1-7(2)5-8(12)11-6-9(3,4)10/h5H,6,10H2,1-4H3,(H,11,12). The average Bonchev–Trinajstić information content (AvgIpc) is 1.80. The van der Waals surface area contributed by atoms with Crippen molar-refractivity contribution in [3.8, 4) is 0 Å². The molecule has 1 amide bonds. The Morgan fingerprint density at radius 2 is 2.00 bits per heavy atom. The van der Waals surface area contributed by atoms with Crippen molar-refractivity contribution in [3.05, 3.63) is 11.6 Å². The van der Waals surface area contributed by atoms with Crippen LogP contribution in [0.2, 0.25) is 0 Å². The molecule has 0 aromatic heterocycles. The van der Waals surface area contributed by atoms with Gasteiger partial charge in [0.15, 0.2) is 0 Å². The van der Waals surface area contributed by atoms with Crippen LogP contribution in [0.1, 0.15) is 27.7 Å². The van der Waals surface area contributed by atoms with Crippen molar-refractivity contribution < 1.29 is 4.79 Å². The molecule has 0 atom stereocenters. The average molecular weight is 170 g/mol. The summed E-state index contributed by atoms with van der Waals surface area (Å²) in [6.45, 7) is 8.00. The highest BCUT2D eigenvalue weighted by Gasteiger charge is 2.10. The first kappa shape index (κ1) is 11.2. The molecule has 0 aromatic rings. The Kier molecular flexibility index (Phi) is 3.96. The number of hydrogen-bond donors (Lipinski definition) is 2. The lowest BCUT2D eigenvalue weighted by Crippen LogP contribution is -2.44. The van der Waals surface area contributed by atoms with Crippen LogP contribution in [0.4, 0.5) is 0 Å². The first-order valence-corrected chi connectivity index (χ1v) is 4.03.